The summed E-state index contributed by atoms with van der Waals surface area (Å²) in [5.74, 6) is 0.422. The van der Waals surface area contributed by atoms with Crippen molar-refractivity contribution in [2.45, 2.75) is 24.9 Å². The number of benzene rings is 2. The van der Waals surface area contributed by atoms with E-state index in [9.17, 15) is 4.79 Å². The highest BCUT2D eigenvalue weighted by Crippen LogP contribution is 2.40. The van der Waals surface area contributed by atoms with E-state index in [0.717, 1.165) is 35.0 Å². The Morgan fingerprint density at radius 2 is 1.88 bits per heavy atom. The minimum atomic E-state index is -0.170. The standard InChI is InChI=1S/C22H22N2O2/c1-26-21(16-7-3-2-4-8-16)14-23-22(25)18-13-20(15-11-12-15)24-19-10-6-5-9-17(18)19/h2-10,13,15,21H,11-12,14H2,1H3,(H,23,25). The molecule has 1 aliphatic carbocycles. The molecule has 2 aromatic carbocycles. The largest absolute Gasteiger partial charge is 0.375 e. The second-order valence-electron chi connectivity index (χ2n) is 6.73. The van der Waals surface area contributed by atoms with E-state index in [4.69, 9.17) is 9.72 Å². The van der Waals surface area contributed by atoms with Gasteiger partial charge in [-0.05, 0) is 30.5 Å². The van der Waals surface area contributed by atoms with Crippen molar-refractivity contribution in [1.82, 2.24) is 10.3 Å². The summed E-state index contributed by atoms with van der Waals surface area (Å²) in [4.78, 5) is 17.6. The Kier molecular flexibility index (Phi) is 4.67. The smallest absolute Gasteiger partial charge is 0.252 e. The van der Waals surface area contributed by atoms with Crippen LogP contribution < -0.4 is 5.32 Å². The molecule has 1 N–H and O–H groups in total. The molecule has 0 aliphatic heterocycles. The lowest BCUT2D eigenvalue weighted by atomic mass is 10.0. The maximum Gasteiger partial charge on any atom is 0.252 e. The van der Waals surface area contributed by atoms with Gasteiger partial charge in [-0.3, -0.25) is 9.78 Å². The van der Waals surface area contributed by atoms with Crippen molar-refractivity contribution in [3.05, 3.63) is 77.5 Å². The number of ether oxygens (including phenoxy) is 1. The van der Waals surface area contributed by atoms with Gasteiger partial charge in [-0.15, -0.1) is 0 Å². The predicted octanol–water partition coefficient (Wildman–Crippen LogP) is 4.23. The first-order valence-corrected chi connectivity index (χ1v) is 9.02. The molecule has 1 saturated carbocycles. The Morgan fingerprint density at radius 1 is 1.15 bits per heavy atom. The van der Waals surface area contributed by atoms with Crippen molar-refractivity contribution in [2.75, 3.05) is 13.7 Å². The number of carbonyl (C=O) groups is 1. The van der Waals surface area contributed by atoms with Crippen LogP contribution >= 0.6 is 0 Å². The van der Waals surface area contributed by atoms with Gasteiger partial charge >= 0.3 is 0 Å². The van der Waals surface area contributed by atoms with Gasteiger partial charge in [-0.2, -0.15) is 0 Å². The van der Waals surface area contributed by atoms with Crippen LogP contribution in [0.2, 0.25) is 0 Å². The van der Waals surface area contributed by atoms with Crippen LogP contribution in [0.15, 0.2) is 60.7 Å². The van der Waals surface area contributed by atoms with E-state index in [1.807, 2.05) is 60.7 Å². The number of rotatable bonds is 6. The second kappa shape index (κ2) is 7.26. The van der Waals surface area contributed by atoms with Gasteiger partial charge in [0, 0.05) is 30.7 Å². The minimum Gasteiger partial charge on any atom is -0.375 e. The Balaban J connectivity index is 1.58. The Hall–Kier alpha value is -2.72. The van der Waals surface area contributed by atoms with Crippen molar-refractivity contribution in [3.8, 4) is 0 Å². The van der Waals surface area contributed by atoms with Gasteiger partial charge in [-0.1, -0.05) is 48.5 Å². The van der Waals surface area contributed by atoms with E-state index in [2.05, 4.69) is 5.32 Å². The molecule has 0 spiro atoms. The van der Waals surface area contributed by atoms with Crippen LogP contribution in [-0.4, -0.2) is 24.5 Å². The number of para-hydroxylation sites is 1. The number of pyridine rings is 1. The topological polar surface area (TPSA) is 51.2 Å². The number of hydrogen-bond acceptors (Lipinski definition) is 3. The van der Waals surface area contributed by atoms with Crippen LogP contribution in [0.5, 0.6) is 0 Å². The first-order valence-electron chi connectivity index (χ1n) is 9.02. The first kappa shape index (κ1) is 16.7. The van der Waals surface area contributed by atoms with E-state index in [1.165, 1.54) is 0 Å². The molecule has 1 amide bonds. The van der Waals surface area contributed by atoms with Crippen LogP contribution in [0.1, 0.15) is 46.5 Å². The molecule has 1 fully saturated rings. The number of carbonyl (C=O) groups excluding carboxylic acids is 1. The van der Waals surface area contributed by atoms with Crippen molar-refractivity contribution in [3.63, 3.8) is 0 Å². The fraction of sp³-hybridized carbons (Fsp3) is 0.273. The van der Waals surface area contributed by atoms with Crippen LogP contribution in [0, 0.1) is 0 Å². The average molecular weight is 346 g/mol. The highest BCUT2D eigenvalue weighted by molar-refractivity contribution is 6.06. The summed E-state index contributed by atoms with van der Waals surface area (Å²) in [6, 6.07) is 19.7. The lowest BCUT2D eigenvalue weighted by molar-refractivity contribution is 0.0829. The molecule has 1 aromatic heterocycles. The van der Waals surface area contributed by atoms with Crippen LogP contribution in [0.3, 0.4) is 0 Å². The van der Waals surface area contributed by atoms with Gasteiger partial charge in [0.05, 0.1) is 17.2 Å². The third-order valence-electron chi connectivity index (χ3n) is 4.88. The average Bonchev–Trinajstić information content (AvgIpc) is 3.53. The zero-order valence-corrected chi connectivity index (χ0v) is 14.8. The van der Waals surface area contributed by atoms with Gasteiger partial charge in [-0.25, -0.2) is 0 Å². The fourth-order valence-electron chi connectivity index (χ4n) is 3.26. The van der Waals surface area contributed by atoms with Crippen molar-refractivity contribution in [1.29, 1.82) is 0 Å². The molecular formula is C22H22N2O2. The molecule has 1 unspecified atom stereocenters. The second-order valence-corrected chi connectivity index (χ2v) is 6.73. The maximum atomic E-state index is 12.9. The summed E-state index contributed by atoms with van der Waals surface area (Å²) in [5.41, 5.74) is 3.66. The molecule has 0 saturated heterocycles. The third-order valence-corrected chi connectivity index (χ3v) is 4.88. The number of amides is 1. The van der Waals surface area contributed by atoms with Crippen LogP contribution in [-0.2, 0) is 4.74 Å². The van der Waals surface area contributed by atoms with E-state index in [0.29, 0.717) is 18.0 Å². The summed E-state index contributed by atoms with van der Waals surface area (Å²) in [6.45, 7) is 0.425. The SMILES string of the molecule is COC(CNC(=O)c1cc(C2CC2)nc2ccccc12)c1ccccc1. The van der Waals surface area contributed by atoms with Crippen LogP contribution in [0.4, 0.5) is 0 Å². The zero-order chi connectivity index (χ0) is 17.9. The summed E-state index contributed by atoms with van der Waals surface area (Å²) < 4.78 is 5.56. The molecule has 1 aliphatic rings. The van der Waals surface area contributed by atoms with Gasteiger partial charge < -0.3 is 10.1 Å². The molecule has 26 heavy (non-hydrogen) atoms. The number of nitrogens with one attached hydrogen (secondary N) is 1. The van der Waals surface area contributed by atoms with Gasteiger partial charge in [0.25, 0.3) is 5.91 Å². The molecule has 3 aromatic rings. The van der Waals surface area contributed by atoms with Gasteiger partial charge in [0.1, 0.15) is 0 Å². The number of nitrogens with zero attached hydrogens (tertiary/aromatic N) is 1. The van der Waals surface area contributed by atoms with Crippen molar-refractivity contribution in [2.24, 2.45) is 0 Å². The quantitative estimate of drug-likeness (QED) is 0.727. The number of fused-ring (bicyclic) bond motifs is 1. The summed E-state index contributed by atoms with van der Waals surface area (Å²) >= 11 is 0. The molecule has 1 heterocycles. The van der Waals surface area contributed by atoms with E-state index in [1.54, 1.807) is 7.11 Å². The Morgan fingerprint density at radius 3 is 2.62 bits per heavy atom. The van der Waals surface area contributed by atoms with Crippen molar-refractivity contribution < 1.29 is 9.53 Å². The van der Waals surface area contributed by atoms with Crippen LogP contribution in [0.25, 0.3) is 10.9 Å². The molecule has 132 valence electrons. The number of aromatic nitrogens is 1. The lowest BCUT2D eigenvalue weighted by Crippen LogP contribution is -2.29. The fourth-order valence-corrected chi connectivity index (χ4v) is 3.26. The molecule has 1 atom stereocenters. The molecule has 4 heteroatoms. The first-order chi connectivity index (χ1) is 12.8. The highest BCUT2D eigenvalue weighted by Gasteiger charge is 2.27. The lowest BCUT2D eigenvalue weighted by Gasteiger charge is -2.17. The molecule has 0 bridgehead atoms. The van der Waals surface area contributed by atoms with Gasteiger partial charge in [0.15, 0.2) is 0 Å². The van der Waals surface area contributed by atoms with E-state index >= 15 is 0 Å². The highest BCUT2D eigenvalue weighted by atomic mass is 16.5. The zero-order valence-electron chi connectivity index (χ0n) is 14.8. The summed E-state index contributed by atoms with van der Waals surface area (Å²) in [6.07, 6.45) is 2.15. The Labute approximate surface area is 153 Å². The minimum absolute atomic E-state index is 0.0801. The normalized spacial score (nSPS) is 15.0. The molecule has 4 rings (SSSR count). The van der Waals surface area contributed by atoms with Gasteiger partial charge in [0.2, 0.25) is 0 Å². The number of methoxy groups -OCH3 is 1. The Bertz CT molecular complexity index is 920. The van der Waals surface area contributed by atoms with Crippen molar-refractivity contribution >= 4 is 16.8 Å². The molecule has 0 radical (unpaired) electrons. The summed E-state index contributed by atoms with van der Waals surface area (Å²) in [7, 11) is 1.66. The number of hydrogen-bond donors (Lipinski definition) is 1. The van der Waals surface area contributed by atoms with E-state index in [-0.39, 0.29) is 12.0 Å². The molecular weight excluding hydrogens is 324 g/mol. The van der Waals surface area contributed by atoms with E-state index < -0.39 is 0 Å². The monoisotopic (exact) mass is 346 g/mol. The maximum absolute atomic E-state index is 12.9. The predicted molar refractivity (Wildman–Crippen MR) is 102 cm³/mol. The third kappa shape index (κ3) is 3.46. The molecule has 4 nitrogen and oxygen atoms in total. The summed E-state index contributed by atoms with van der Waals surface area (Å²) in [5, 5.41) is 3.93.